The van der Waals surface area contributed by atoms with Gasteiger partial charge in [-0.25, -0.2) is 9.37 Å². The summed E-state index contributed by atoms with van der Waals surface area (Å²) in [5.74, 6) is 0.410. The van der Waals surface area contributed by atoms with Crippen LogP contribution in [-0.2, 0) is 0 Å². The van der Waals surface area contributed by atoms with Gasteiger partial charge < -0.3 is 10.6 Å². The average Bonchev–Trinajstić information content (AvgIpc) is 3.23. The fourth-order valence-corrected chi connectivity index (χ4v) is 3.93. The van der Waals surface area contributed by atoms with Crippen LogP contribution in [0.5, 0.6) is 0 Å². The molecule has 1 unspecified atom stereocenters. The SMILES string of the molecule is CC1=NC=C(Nc2nc(NC3CCCC[C@@H]3C)c(F)cc2C#N)CC=C1n1nccn1. The van der Waals surface area contributed by atoms with Crippen LogP contribution in [-0.4, -0.2) is 31.7 Å². The van der Waals surface area contributed by atoms with Crippen LogP contribution in [0.3, 0.4) is 0 Å². The van der Waals surface area contributed by atoms with Crippen LogP contribution < -0.4 is 10.6 Å². The highest BCUT2D eigenvalue weighted by molar-refractivity contribution is 6.17. The zero-order chi connectivity index (χ0) is 21.8. The molecule has 2 aromatic rings. The van der Waals surface area contributed by atoms with Crippen LogP contribution in [0.1, 0.15) is 51.5 Å². The zero-order valence-corrected chi connectivity index (χ0v) is 17.6. The Kier molecular flexibility index (Phi) is 6.07. The smallest absolute Gasteiger partial charge is 0.166 e. The van der Waals surface area contributed by atoms with Crippen molar-refractivity contribution in [2.75, 3.05) is 10.6 Å². The molecule has 0 spiro atoms. The van der Waals surface area contributed by atoms with E-state index < -0.39 is 5.82 Å². The second-order valence-corrected chi connectivity index (χ2v) is 7.95. The Morgan fingerprint density at radius 1 is 1.19 bits per heavy atom. The molecule has 2 aliphatic rings. The van der Waals surface area contributed by atoms with E-state index in [-0.39, 0.29) is 17.4 Å². The molecule has 3 heterocycles. The van der Waals surface area contributed by atoms with Crippen LogP contribution in [0.4, 0.5) is 16.0 Å². The first kappa shape index (κ1) is 20.7. The fraction of sp³-hybridized carbons (Fsp3) is 0.409. The van der Waals surface area contributed by atoms with Crippen LogP contribution in [0, 0.1) is 23.1 Å². The van der Waals surface area contributed by atoms with Crippen molar-refractivity contribution in [2.45, 2.75) is 52.0 Å². The van der Waals surface area contributed by atoms with Gasteiger partial charge in [0, 0.05) is 24.4 Å². The van der Waals surface area contributed by atoms with Crippen molar-refractivity contribution in [3.63, 3.8) is 0 Å². The molecule has 1 aliphatic heterocycles. The predicted octanol–water partition coefficient (Wildman–Crippen LogP) is 4.33. The van der Waals surface area contributed by atoms with E-state index in [4.69, 9.17) is 0 Å². The Labute approximate surface area is 180 Å². The minimum Gasteiger partial charge on any atom is -0.365 e. The Morgan fingerprint density at radius 2 is 1.97 bits per heavy atom. The van der Waals surface area contributed by atoms with Gasteiger partial charge in [0.2, 0.25) is 0 Å². The number of rotatable bonds is 5. The highest BCUT2D eigenvalue weighted by Crippen LogP contribution is 2.29. The van der Waals surface area contributed by atoms with Crippen molar-refractivity contribution < 1.29 is 4.39 Å². The lowest BCUT2D eigenvalue weighted by atomic mass is 9.86. The molecule has 31 heavy (non-hydrogen) atoms. The van der Waals surface area contributed by atoms with Crippen LogP contribution in [0.25, 0.3) is 5.70 Å². The van der Waals surface area contributed by atoms with E-state index in [1.165, 1.54) is 17.3 Å². The summed E-state index contributed by atoms with van der Waals surface area (Å²) in [6.07, 6.45) is 11.8. The van der Waals surface area contributed by atoms with Crippen LogP contribution >= 0.6 is 0 Å². The normalized spacial score (nSPS) is 21.3. The summed E-state index contributed by atoms with van der Waals surface area (Å²) in [7, 11) is 0. The monoisotopic (exact) mass is 420 g/mol. The number of pyridine rings is 1. The highest BCUT2D eigenvalue weighted by atomic mass is 19.1. The first-order valence-electron chi connectivity index (χ1n) is 10.5. The number of anilines is 2. The summed E-state index contributed by atoms with van der Waals surface area (Å²) in [6.45, 7) is 4.05. The molecule has 160 valence electrons. The van der Waals surface area contributed by atoms with Gasteiger partial charge >= 0.3 is 0 Å². The van der Waals surface area contributed by atoms with Gasteiger partial charge in [-0.2, -0.15) is 20.3 Å². The maximum Gasteiger partial charge on any atom is 0.166 e. The van der Waals surface area contributed by atoms with Gasteiger partial charge in [-0.05, 0) is 37.8 Å². The van der Waals surface area contributed by atoms with E-state index in [2.05, 4.69) is 37.7 Å². The Hall–Kier alpha value is -3.54. The molecule has 8 nitrogen and oxygen atoms in total. The van der Waals surface area contributed by atoms with E-state index in [0.29, 0.717) is 18.2 Å². The Morgan fingerprint density at radius 3 is 2.71 bits per heavy atom. The zero-order valence-electron chi connectivity index (χ0n) is 17.6. The van der Waals surface area contributed by atoms with Crippen molar-refractivity contribution in [1.82, 2.24) is 20.0 Å². The quantitative estimate of drug-likeness (QED) is 0.746. The fourth-order valence-electron chi connectivity index (χ4n) is 3.93. The molecule has 0 amide bonds. The van der Waals surface area contributed by atoms with Gasteiger partial charge in [-0.1, -0.05) is 19.8 Å². The number of hydrogen-bond donors (Lipinski definition) is 2. The van der Waals surface area contributed by atoms with E-state index in [1.807, 2.05) is 19.1 Å². The molecule has 1 fully saturated rings. The summed E-state index contributed by atoms with van der Waals surface area (Å²) in [6, 6.07) is 3.43. The van der Waals surface area contributed by atoms with Crippen LogP contribution in [0.15, 0.2) is 41.4 Å². The molecule has 2 N–H and O–H groups in total. The molecule has 4 rings (SSSR count). The lowest BCUT2D eigenvalue weighted by Crippen LogP contribution is -2.31. The van der Waals surface area contributed by atoms with E-state index in [9.17, 15) is 9.65 Å². The molecule has 0 bridgehead atoms. The molecule has 2 atom stereocenters. The largest absolute Gasteiger partial charge is 0.365 e. The topological polar surface area (TPSA) is 104 Å². The van der Waals surface area contributed by atoms with Crippen LogP contribution in [0.2, 0.25) is 0 Å². The van der Waals surface area contributed by atoms with Crippen molar-refractivity contribution >= 4 is 23.0 Å². The van der Waals surface area contributed by atoms with Crippen molar-refractivity contribution in [2.24, 2.45) is 10.9 Å². The maximum absolute atomic E-state index is 14.6. The number of halogens is 1. The Bertz CT molecular complexity index is 1080. The molecule has 9 heteroatoms. The highest BCUT2D eigenvalue weighted by Gasteiger charge is 2.23. The third kappa shape index (κ3) is 4.63. The predicted molar refractivity (Wildman–Crippen MR) is 118 cm³/mol. The van der Waals surface area contributed by atoms with E-state index >= 15 is 0 Å². The number of aromatic nitrogens is 4. The third-order valence-electron chi connectivity index (χ3n) is 5.74. The van der Waals surface area contributed by atoms with Gasteiger partial charge in [-0.3, -0.25) is 4.99 Å². The molecule has 0 aromatic carbocycles. The molecular weight excluding hydrogens is 395 g/mol. The van der Waals surface area contributed by atoms with Crippen molar-refractivity contribution in [1.29, 1.82) is 5.26 Å². The number of nitriles is 1. The van der Waals surface area contributed by atoms with E-state index in [1.54, 1.807) is 18.6 Å². The van der Waals surface area contributed by atoms with Crippen molar-refractivity contribution in [3.05, 3.63) is 47.8 Å². The van der Waals surface area contributed by atoms with Gasteiger partial charge in [-0.15, -0.1) is 0 Å². The maximum atomic E-state index is 14.6. The minimum absolute atomic E-state index is 0.142. The molecule has 1 aliphatic carbocycles. The Balaban J connectivity index is 1.57. The second-order valence-electron chi connectivity index (χ2n) is 7.95. The van der Waals surface area contributed by atoms with Gasteiger partial charge in [0.1, 0.15) is 11.8 Å². The molecule has 0 radical (unpaired) electrons. The van der Waals surface area contributed by atoms with Gasteiger partial charge in [0.15, 0.2) is 17.5 Å². The number of nitrogens with one attached hydrogen (secondary N) is 2. The first-order chi connectivity index (χ1) is 15.0. The van der Waals surface area contributed by atoms with Gasteiger partial charge in [0.25, 0.3) is 0 Å². The molecule has 1 saturated carbocycles. The number of allylic oxidation sites excluding steroid dienone is 2. The summed E-state index contributed by atoms with van der Waals surface area (Å²) < 4.78 is 14.6. The minimum atomic E-state index is -0.518. The summed E-state index contributed by atoms with van der Waals surface area (Å²) in [5, 5.41) is 24.2. The lowest BCUT2D eigenvalue weighted by Gasteiger charge is -2.30. The molecular formula is C22H25FN8. The standard InChI is InChI=1S/C22H25FN8/c1-14-5-3-4-6-19(14)29-22-18(23)11-16(12-24)21(30-22)28-17-7-8-20(15(2)25-13-17)31-26-9-10-27-31/h8-11,13-14,19H,3-7H2,1-2H3,(H2,28,29,30)/t14-,19?/m0/s1. The summed E-state index contributed by atoms with van der Waals surface area (Å²) >= 11 is 0. The number of nitrogens with zero attached hydrogens (tertiary/aromatic N) is 6. The summed E-state index contributed by atoms with van der Waals surface area (Å²) in [4.78, 5) is 10.4. The first-order valence-corrected chi connectivity index (χ1v) is 10.5. The average molecular weight is 420 g/mol. The molecule has 0 saturated heterocycles. The number of hydrogen-bond acceptors (Lipinski definition) is 7. The van der Waals surface area contributed by atoms with Gasteiger partial charge in [0.05, 0.1) is 23.7 Å². The van der Waals surface area contributed by atoms with Crippen molar-refractivity contribution in [3.8, 4) is 6.07 Å². The number of aliphatic imine (C=N–C) groups is 1. The lowest BCUT2D eigenvalue weighted by molar-refractivity contribution is 0.348. The van der Waals surface area contributed by atoms with E-state index in [0.717, 1.165) is 36.4 Å². The summed E-state index contributed by atoms with van der Waals surface area (Å²) in [5.41, 5.74) is 2.41. The second kappa shape index (κ2) is 9.08. The molecule has 2 aromatic heterocycles. The third-order valence-corrected chi connectivity index (χ3v) is 5.74.